The number of ether oxygens (including phenoxy) is 1. The molecule has 1 amide bonds. The van der Waals surface area contributed by atoms with Gasteiger partial charge in [0.1, 0.15) is 23.1 Å². The summed E-state index contributed by atoms with van der Waals surface area (Å²) >= 11 is 0. The van der Waals surface area contributed by atoms with E-state index in [-0.39, 0.29) is 5.91 Å². The summed E-state index contributed by atoms with van der Waals surface area (Å²) in [4.78, 5) is 22.9. The number of esters is 1. The molecule has 0 aliphatic heterocycles. The number of hydrogen-bond donors (Lipinski definition) is 1. The predicted octanol–water partition coefficient (Wildman–Crippen LogP) is 2.74. The minimum atomic E-state index is -0.675. The first-order valence-corrected chi connectivity index (χ1v) is 7.57. The van der Waals surface area contributed by atoms with E-state index < -0.39 is 12.0 Å². The molecule has 1 aliphatic carbocycles. The molecule has 0 fully saturated rings. The van der Waals surface area contributed by atoms with Crippen LogP contribution in [0.25, 0.3) is 11.0 Å². The Labute approximate surface area is 128 Å². The maximum absolute atomic E-state index is 12.0. The van der Waals surface area contributed by atoms with E-state index in [0.717, 1.165) is 42.4 Å². The third-order valence-electron chi connectivity index (χ3n) is 3.92. The lowest BCUT2D eigenvalue weighted by Crippen LogP contribution is -2.39. The molecule has 1 aliphatic rings. The van der Waals surface area contributed by atoms with Gasteiger partial charge in [0.05, 0.1) is 0 Å². The maximum Gasteiger partial charge on any atom is 0.333 e. The largest absolute Gasteiger partial charge is 0.461 e. The minimum absolute atomic E-state index is 0.260. The summed E-state index contributed by atoms with van der Waals surface area (Å²) in [6, 6.07) is 4.72. The van der Waals surface area contributed by atoms with Crippen molar-refractivity contribution < 1.29 is 18.7 Å². The zero-order chi connectivity index (χ0) is 15.7. The Balaban J connectivity index is 1.83. The highest BCUT2D eigenvalue weighted by Crippen LogP contribution is 2.33. The number of carbonyl (C=O) groups is 2. The van der Waals surface area contributed by atoms with E-state index in [0.29, 0.717) is 5.75 Å². The third-order valence-corrected chi connectivity index (χ3v) is 3.92. The zero-order valence-electron chi connectivity index (χ0n) is 12.8. The first kappa shape index (κ1) is 14.6. The van der Waals surface area contributed by atoms with Gasteiger partial charge in [-0.2, -0.15) is 0 Å². The SMILES string of the molecule is CC(=O)NC(C)C(=O)Oc1ccc2oc3c(c2c1)CCCC3. The number of aryl methyl sites for hydroxylation is 2. The molecule has 0 saturated heterocycles. The van der Waals surface area contributed by atoms with Crippen molar-refractivity contribution >= 4 is 22.8 Å². The second-order valence-electron chi connectivity index (χ2n) is 5.71. The van der Waals surface area contributed by atoms with Crippen molar-refractivity contribution in [2.45, 2.75) is 45.6 Å². The lowest BCUT2D eigenvalue weighted by Gasteiger charge is -2.12. The van der Waals surface area contributed by atoms with Crippen LogP contribution < -0.4 is 10.1 Å². The van der Waals surface area contributed by atoms with Crippen LogP contribution in [0.4, 0.5) is 0 Å². The summed E-state index contributed by atoms with van der Waals surface area (Å²) < 4.78 is 11.2. The van der Waals surface area contributed by atoms with Crippen molar-refractivity contribution in [3.05, 3.63) is 29.5 Å². The normalized spacial score (nSPS) is 15.2. The Hall–Kier alpha value is -2.30. The van der Waals surface area contributed by atoms with Crippen molar-refractivity contribution in [3.8, 4) is 5.75 Å². The molecule has 1 heterocycles. The van der Waals surface area contributed by atoms with E-state index in [1.165, 1.54) is 12.5 Å². The van der Waals surface area contributed by atoms with Crippen molar-refractivity contribution in [2.24, 2.45) is 0 Å². The van der Waals surface area contributed by atoms with Crippen molar-refractivity contribution in [1.29, 1.82) is 0 Å². The van der Waals surface area contributed by atoms with Gasteiger partial charge < -0.3 is 14.5 Å². The summed E-state index contributed by atoms with van der Waals surface area (Å²) in [5.74, 6) is 0.788. The molecule has 2 aromatic rings. The van der Waals surface area contributed by atoms with Crippen LogP contribution >= 0.6 is 0 Å². The van der Waals surface area contributed by atoms with E-state index in [4.69, 9.17) is 9.15 Å². The molecule has 1 unspecified atom stereocenters. The van der Waals surface area contributed by atoms with Crippen LogP contribution in [-0.4, -0.2) is 17.9 Å². The van der Waals surface area contributed by atoms with E-state index >= 15 is 0 Å². The molecule has 5 heteroatoms. The topological polar surface area (TPSA) is 68.5 Å². The standard InChI is InChI=1S/C17H19NO4/c1-10(18-11(2)19)17(20)21-12-7-8-16-14(9-12)13-5-3-4-6-15(13)22-16/h7-10H,3-6H2,1-2H3,(H,18,19). The van der Waals surface area contributed by atoms with Gasteiger partial charge in [0, 0.05) is 24.3 Å². The number of rotatable bonds is 3. The number of carbonyl (C=O) groups excluding carboxylic acids is 2. The Morgan fingerprint density at radius 1 is 1.27 bits per heavy atom. The number of hydrogen-bond acceptors (Lipinski definition) is 4. The maximum atomic E-state index is 12.0. The van der Waals surface area contributed by atoms with E-state index in [1.807, 2.05) is 12.1 Å². The Kier molecular flexibility index (Phi) is 3.88. The van der Waals surface area contributed by atoms with Crippen LogP contribution in [0.15, 0.2) is 22.6 Å². The van der Waals surface area contributed by atoms with Crippen molar-refractivity contribution in [2.75, 3.05) is 0 Å². The Morgan fingerprint density at radius 2 is 2.05 bits per heavy atom. The van der Waals surface area contributed by atoms with Gasteiger partial charge in [-0.3, -0.25) is 4.79 Å². The molecule has 5 nitrogen and oxygen atoms in total. The molecule has 0 spiro atoms. The van der Waals surface area contributed by atoms with Crippen LogP contribution in [0.1, 0.15) is 38.0 Å². The lowest BCUT2D eigenvalue weighted by molar-refractivity contribution is -0.138. The van der Waals surface area contributed by atoms with Gasteiger partial charge in [-0.25, -0.2) is 4.79 Å². The zero-order valence-corrected chi connectivity index (χ0v) is 12.8. The Bertz CT molecular complexity index is 732. The molecule has 3 rings (SSSR count). The second-order valence-corrected chi connectivity index (χ2v) is 5.71. The summed E-state index contributed by atoms with van der Waals surface area (Å²) in [6.07, 6.45) is 4.29. The Morgan fingerprint density at radius 3 is 2.82 bits per heavy atom. The summed E-state index contributed by atoms with van der Waals surface area (Å²) in [7, 11) is 0. The highest BCUT2D eigenvalue weighted by Gasteiger charge is 2.20. The molecule has 1 N–H and O–H groups in total. The van der Waals surface area contributed by atoms with Crippen LogP contribution in [0.2, 0.25) is 0 Å². The molecule has 1 atom stereocenters. The first-order chi connectivity index (χ1) is 10.5. The van der Waals surface area contributed by atoms with Gasteiger partial charge in [0.2, 0.25) is 5.91 Å². The van der Waals surface area contributed by atoms with Crippen LogP contribution in [0, 0.1) is 0 Å². The quantitative estimate of drug-likeness (QED) is 0.699. The molecule has 116 valence electrons. The molecule has 1 aromatic heterocycles. The molecule has 1 aromatic carbocycles. The lowest BCUT2D eigenvalue weighted by atomic mass is 9.96. The summed E-state index contributed by atoms with van der Waals surface area (Å²) in [5, 5.41) is 3.53. The monoisotopic (exact) mass is 301 g/mol. The third kappa shape index (κ3) is 2.84. The van der Waals surface area contributed by atoms with Gasteiger partial charge in [0.25, 0.3) is 0 Å². The molecule has 0 saturated carbocycles. The van der Waals surface area contributed by atoms with Gasteiger partial charge in [0.15, 0.2) is 0 Å². The smallest absolute Gasteiger partial charge is 0.333 e. The van der Waals surface area contributed by atoms with Crippen molar-refractivity contribution in [3.63, 3.8) is 0 Å². The van der Waals surface area contributed by atoms with Crippen molar-refractivity contribution in [1.82, 2.24) is 5.32 Å². The van der Waals surface area contributed by atoms with Crippen LogP contribution in [0.3, 0.4) is 0 Å². The van der Waals surface area contributed by atoms with E-state index in [2.05, 4.69) is 5.32 Å². The van der Waals surface area contributed by atoms with Gasteiger partial charge in [-0.15, -0.1) is 0 Å². The first-order valence-electron chi connectivity index (χ1n) is 7.57. The van der Waals surface area contributed by atoms with E-state index in [1.54, 1.807) is 13.0 Å². The van der Waals surface area contributed by atoms with E-state index in [9.17, 15) is 9.59 Å². The number of amides is 1. The highest BCUT2D eigenvalue weighted by molar-refractivity contribution is 5.87. The predicted molar refractivity (Wildman–Crippen MR) is 81.8 cm³/mol. The summed E-state index contributed by atoms with van der Waals surface area (Å²) in [6.45, 7) is 2.97. The van der Waals surface area contributed by atoms with Crippen LogP contribution in [-0.2, 0) is 22.4 Å². The molecule has 0 radical (unpaired) electrons. The fraction of sp³-hybridized carbons (Fsp3) is 0.412. The fourth-order valence-corrected chi connectivity index (χ4v) is 2.87. The van der Waals surface area contributed by atoms with Gasteiger partial charge in [-0.1, -0.05) is 0 Å². The molecule has 0 bridgehead atoms. The minimum Gasteiger partial charge on any atom is -0.461 e. The summed E-state index contributed by atoms with van der Waals surface area (Å²) in [5.41, 5.74) is 2.07. The molecular weight excluding hydrogens is 282 g/mol. The van der Waals surface area contributed by atoms with Crippen LogP contribution in [0.5, 0.6) is 5.75 Å². The average molecular weight is 301 g/mol. The second kappa shape index (κ2) is 5.83. The molecule has 22 heavy (non-hydrogen) atoms. The fourth-order valence-electron chi connectivity index (χ4n) is 2.87. The number of fused-ring (bicyclic) bond motifs is 3. The number of furan rings is 1. The van der Waals surface area contributed by atoms with Gasteiger partial charge in [-0.05, 0) is 44.4 Å². The number of benzene rings is 1. The average Bonchev–Trinajstić information content (AvgIpc) is 2.84. The van der Waals surface area contributed by atoms with Gasteiger partial charge >= 0.3 is 5.97 Å². The highest BCUT2D eigenvalue weighted by atomic mass is 16.5. The molecular formula is C17H19NO4. The number of nitrogens with one attached hydrogen (secondary N) is 1.